The molecule has 2 rings (SSSR count). The van der Waals surface area contributed by atoms with E-state index in [-0.39, 0.29) is 5.91 Å². The van der Waals surface area contributed by atoms with E-state index < -0.39 is 0 Å². The topological polar surface area (TPSA) is 38.3 Å². The molecule has 0 aromatic heterocycles. The number of rotatable bonds is 8. The third kappa shape index (κ3) is 5.82. The minimum Gasteiger partial charge on any atom is -0.489 e. The number of carbonyl (C=O) groups is 1. The average molecular weight is 315 g/mol. The molecule has 2 aromatic rings. The number of anilines is 1. The standard InChI is InChI=1S/C18H21NO2S/c1-22-13-5-8-18(20)19-16-9-11-17(12-10-16)21-14-15-6-3-2-4-7-15/h2-4,6-7,9-12H,5,8,13-14H2,1H3,(H,19,20). The zero-order valence-electron chi connectivity index (χ0n) is 12.7. The van der Waals surface area contributed by atoms with Crippen LogP contribution in [0.4, 0.5) is 5.69 Å². The van der Waals surface area contributed by atoms with Crippen LogP contribution in [0.1, 0.15) is 18.4 Å². The monoisotopic (exact) mass is 315 g/mol. The molecular formula is C18H21NO2S. The van der Waals surface area contributed by atoms with Crippen molar-refractivity contribution in [3.05, 3.63) is 60.2 Å². The first-order valence-corrected chi connectivity index (χ1v) is 8.73. The molecule has 116 valence electrons. The van der Waals surface area contributed by atoms with Crippen molar-refractivity contribution in [2.75, 3.05) is 17.3 Å². The molecule has 1 amide bonds. The predicted octanol–water partition coefficient (Wildman–Crippen LogP) is 4.35. The highest BCUT2D eigenvalue weighted by atomic mass is 32.2. The van der Waals surface area contributed by atoms with Crippen LogP contribution in [0.5, 0.6) is 5.75 Å². The van der Waals surface area contributed by atoms with Crippen LogP contribution < -0.4 is 10.1 Å². The molecular weight excluding hydrogens is 294 g/mol. The van der Waals surface area contributed by atoms with Gasteiger partial charge in [-0.05, 0) is 48.3 Å². The van der Waals surface area contributed by atoms with Gasteiger partial charge in [-0.2, -0.15) is 11.8 Å². The number of thioether (sulfide) groups is 1. The third-order valence-corrected chi connectivity index (χ3v) is 3.84. The minimum absolute atomic E-state index is 0.0620. The zero-order chi connectivity index (χ0) is 15.6. The average Bonchev–Trinajstić information content (AvgIpc) is 2.55. The highest BCUT2D eigenvalue weighted by molar-refractivity contribution is 7.98. The van der Waals surface area contributed by atoms with Crippen LogP contribution in [0, 0.1) is 0 Å². The summed E-state index contributed by atoms with van der Waals surface area (Å²) in [7, 11) is 0. The number of carbonyl (C=O) groups excluding carboxylic acids is 1. The van der Waals surface area contributed by atoms with Crippen molar-refractivity contribution in [2.24, 2.45) is 0 Å². The van der Waals surface area contributed by atoms with Gasteiger partial charge in [0.15, 0.2) is 0 Å². The first-order chi connectivity index (χ1) is 10.8. The first kappa shape index (κ1) is 16.4. The quantitative estimate of drug-likeness (QED) is 0.736. The van der Waals surface area contributed by atoms with E-state index in [4.69, 9.17) is 4.74 Å². The Labute approximate surface area is 136 Å². The van der Waals surface area contributed by atoms with Crippen molar-refractivity contribution >= 4 is 23.4 Å². The molecule has 3 nitrogen and oxygen atoms in total. The number of amides is 1. The highest BCUT2D eigenvalue weighted by Crippen LogP contribution is 2.17. The fourth-order valence-corrected chi connectivity index (χ4v) is 2.41. The number of nitrogens with one attached hydrogen (secondary N) is 1. The number of hydrogen-bond donors (Lipinski definition) is 1. The van der Waals surface area contributed by atoms with Crippen molar-refractivity contribution in [3.8, 4) is 5.75 Å². The van der Waals surface area contributed by atoms with Crippen LogP contribution in [0.25, 0.3) is 0 Å². The first-order valence-electron chi connectivity index (χ1n) is 7.33. The van der Waals surface area contributed by atoms with Crippen LogP contribution in [0.2, 0.25) is 0 Å². The largest absolute Gasteiger partial charge is 0.489 e. The summed E-state index contributed by atoms with van der Waals surface area (Å²) in [5.74, 6) is 1.87. The van der Waals surface area contributed by atoms with Crippen molar-refractivity contribution in [1.29, 1.82) is 0 Å². The maximum absolute atomic E-state index is 11.7. The van der Waals surface area contributed by atoms with Crippen LogP contribution in [0.3, 0.4) is 0 Å². The molecule has 0 aliphatic carbocycles. The minimum atomic E-state index is 0.0620. The molecule has 0 radical (unpaired) electrons. The molecule has 22 heavy (non-hydrogen) atoms. The molecule has 0 unspecified atom stereocenters. The Balaban J connectivity index is 1.79. The molecule has 0 aliphatic heterocycles. The Bertz CT molecular complexity index is 569. The van der Waals surface area contributed by atoms with Crippen LogP contribution >= 0.6 is 11.8 Å². The molecule has 0 spiro atoms. The van der Waals surface area contributed by atoms with E-state index in [1.54, 1.807) is 11.8 Å². The SMILES string of the molecule is CSCCCC(=O)Nc1ccc(OCc2ccccc2)cc1. The molecule has 0 heterocycles. The molecule has 0 aliphatic rings. The van der Waals surface area contributed by atoms with E-state index in [9.17, 15) is 4.79 Å². The maximum atomic E-state index is 11.7. The highest BCUT2D eigenvalue weighted by Gasteiger charge is 2.02. The molecule has 1 N–H and O–H groups in total. The lowest BCUT2D eigenvalue weighted by Gasteiger charge is -2.08. The van der Waals surface area contributed by atoms with Gasteiger partial charge < -0.3 is 10.1 Å². The van der Waals surface area contributed by atoms with Gasteiger partial charge in [-0.3, -0.25) is 4.79 Å². The van der Waals surface area contributed by atoms with Gasteiger partial charge in [-0.1, -0.05) is 30.3 Å². The van der Waals surface area contributed by atoms with Crippen LogP contribution in [-0.4, -0.2) is 17.9 Å². The lowest BCUT2D eigenvalue weighted by Crippen LogP contribution is -2.11. The zero-order valence-corrected chi connectivity index (χ0v) is 13.6. The molecule has 0 fully saturated rings. The maximum Gasteiger partial charge on any atom is 0.224 e. The molecule has 4 heteroatoms. The number of hydrogen-bond acceptors (Lipinski definition) is 3. The normalized spacial score (nSPS) is 10.2. The Kier molecular flexibility index (Phi) is 6.84. The van der Waals surface area contributed by atoms with Gasteiger partial charge >= 0.3 is 0 Å². The second-order valence-corrected chi connectivity index (χ2v) is 5.93. The summed E-state index contributed by atoms with van der Waals surface area (Å²) in [6.07, 6.45) is 3.52. The fourth-order valence-electron chi connectivity index (χ4n) is 1.98. The smallest absolute Gasteiger partial charge is 0.224 e. The predicted molar refractivity (Wildman–Crippen MR) is 93.5 cm³/mol. The van der Waals surface area contributed by atoms with E-state index in [1.807, 2.05) is 60.9 Å². The van der Waals surface area contributed by atoms with Gasteiger partial charge in [0.2, 0.25) is 5.91 Å². The van der Waals surface area contributed by atoms with Crippen molar-refractivity contribution < 1.29 is 9.53 Å². The summed E-state index contributed by atoms with van der Waals surface area (Å²) in [6.45, 7) is 0.543. The van der Waals surface area contributed by atoms with Gasteiger partial charge in [-0.15, -0.1) is 0 Å². The second-order valence-electron chi connectivity index (χ2n) is 4.94. The number of ether oxygens (including phenoxy) is 1. The van der Waals surface area contributed by atoms with Gasteiger partial charge in [-0.25, -0.2) is 0 Å². The Hall–Kier alpha value is -1.94. The lowest BCUT2D eigenvalue weighted by atomic mass is 10.2. The van der Waals surface area contributed by atoms with Gasteiger partial charge in [0.1, 0.15) is 12.4 Å². The summed E-state index contributed by atoms with van der Waals surface area (Å²) in [6, 6.07) is 17.5. The second kappa shape index (κ2) is 9.15. The lowest BCUT2D eigenvalue weighted by molar-refractivity contribution is -0.116. The summed E-state index contributed by atoms with van der Waals surface area (Å²) in [4.78, 5) is 11.7. The summed E-state index contributed by atoms with van der Waals surface area (Å²) >= 11 is 1.76. The Morgan fingerprint density at radius 2 is 1.82 bits per heavy atom. The fraction of sp³-hybridized carbons (Fsp3) is 0.278. The summed E-state index contributed by atoms with van der Waals surface area (Å²) in [5.41, 5.74) is 1.94. The van der Waals surface area contributed by atoms with E-state index in [2.05, 4.69) is 5.32 Å². The number of benzene rings is 2. The molecule has 0 bridgehead atoms. The van der Waals surface area contributed by atoms with Crippen molar-refractivity contribution in [1.82, 2.24) is 0 Å². The Morgan fingerprint density at radius 1 is 1.09 bits per heavy atom. The third-order valence-electron chi connectivity index (χ3n) is 3.14. The van der Waals surface area contributed by atoms with Crippen molar-refractivity contribution in [2.45, 2.75) is 19.4 Å². The van der Waals surface area contributed by atoms with E-state index in [1.165, 1.54) is 0 Å². The van der Waals surface area contributed by atoms with Gasteiger partial charge in [0.05, 0.1) is 0 Å². The van der Waals surface area contributed by atoms with E-state index in [0.29, 0.717) is 13.0 Å². The summed E-state index contributed by atoms with van der Waals surface area (Å²) < 4.78 is 5.72. The molecule has 0 atom stereocenters. The van der Waals surface area contributed by atoms with Crippen molar-refractivity contribution in [3.63, 3.8) is 0 Å². The molecule has 2 aromatic carbocycles. The van der Waals surface area contributed by atoms with E-state index in [0.717, 1.165) is 29.2 Å². The molecule has 0 saturated carbocycles. The Morgan fingerprint density at radius 3 is 2.50 bits per heavy atom. The van der Waals surface area contributed by atoms with Crippen LogP contribution in [-0.2, 0) is 11.4 Å². The van der Waals surface area contributed by atoms with Crippen LogP contribution in [0.15, 0.2) is 54.6 Å². The van der Waals surface area contributed by atoms with Gasteiger partial charge in [0, 0.05) is 12.1 Å². The molecule has 0 saturated heterocycles. The summed E-state index contributed by atoms with van der Waals surface area (Å²) in [5, 5.41) is 2.90. The van der Waals surface area contributed by atoms with E-state index >= 15 is 0 Å². The van der Waals surface area contributed by atoms with Gasteiger partial charge in [0.25, 0.3) is 0 Å².